The van der Waals surface area contributed by atoms with Gasteiger partial charge in [0.1, 0.15) is 10.6 Å². The van der Waals surface area contributed by atoms with Crippen LogP contribution in [0, 0.1) is 0 Å². The summed E-state index contributed by atoms with van der Waals surface area (Å²) in [5, 5.41) is 2.74. The van der Waals surface area contributed by atoms with Crippen molar-refractivity contribution in [3.63, 3.8) is 0 Å². The molecule has 2 aromatic rings. The lowest BCUT2D eigenvalue weighted by atomic mass is 10.2. The summed E-state index contributed by atoms with van der Waals surface area (Å²) in [6.07, 6.45) is 3.27. The van der Waals surface area contributed by atoms with Crippen LogP contribution in [0.15, 0.2) is 47.6 Å². The molecule has 0 saturated carbocycles. The molecule has 1 aromatic carbocycles. The number of sulfonamides is 1. The Hall–Kier alpha value is -2.45. The molecule has 0 saturated heterocycles. The van der Waals surface area contributed by atoms with Gasteiger partial charge in [-0.2, -0.15) is 0 Å². The van der Waals surface area contributed by atoms with Crippen molar-refractivity contribution >= 4 is 15.9 Å². The van der Waals surface area contributed by atoms with E-state index in [0.717, 1.165) is 9.87 Å². The second kappa shape index (κ2) is 7.41. The van der Waals surface area contributed by atoms with Crippen molar-refractivity contribution in [2.45, 2.75) is 11.4 Å². The number of nitrogens with zero attached hydrogens (tertiary/aromatic N) is 2. The molecule has 0 spiro atoms. The molecule has 1 N–H and O–H groups in total. The predicted molar refractivity (Wildman–Crippen MR) is 89.3 cm³/mol. The summed E-state index contributed by atoms with van der Waals surface area (Å²) in [7, 11) is 0.503. The van der Waals surface area contributed by atoms with Crippen LogP contribution >= 0.6 is 0 Å². The highest BCUT2D eigenvalue weighted by Gasteiger charge is 2.23. The van der Waals surface area contributed by atoms with Crippen LogP contribution in [-0.4, -0.2) is 44.8 Å². The predicted octanol–water partition coefficient (Wildman–Crippen LogP) is 1.27. The third kappa shape index (κ3) is 3.90. The number of hydrogen-bond acceptors (Lipinski definition) is 5. The minimum absolute atomic E-state index is 0.0495. The summed E-state index contributed by atoms with van der Waals surface area (Å²) in [6.45, 7) is 0.323. The number of carbonyl (C=O) groups excluding carboxylic acids is 1. The van der Waals surface area contributed by atoms with Crippen LogP contribution in [0.3, 0.4) is 0 Å². The van der Waals surface area contributed by atoms with E-state index in [1.807, 2.05) is 0 Å². The Kier molecular flexibility index (Phi) is 5.53. The first kappa shape index (κ1) is 17.9. The first-order chi connectivity index (χ1) is 11.4. The fraction of sp³-hybridized carbons (Fsp3) is 0.250. The van der Waals surface area contributed by atoms with Crippen molar-refractivity contribution in [1.29, 1.82) is 0 Å². The molecule has 0 aliphatic heterocycles. The Morgan fingerprint density at radius 1 is 1.21 bits per heavy atom. The first-order valence-corrected chi connectivity index (χ1v) is 8.58. The van der Waals surface area contributed by atoms with E-state index in [0.29, 0.717) is 6.54 Å². The number of pyridine rings is 1. The van der Waals surface area contributed by atoms with Gasteiger partial charge in [0.15, 0.2) is 0 Å². The summed E-state index contributed by atoms with van der Waals surface area (Å²) < 4.78 is 30.9. The van der Waals surface area contributed by atoms with E-state index in [4.69, 9.17) is 4.74 Å². The molecule has 0 aliphatic rings. The van der Waals surface area contributed by atoms with Crippen molar-refractivity contribution < 1.29 is 17.9 Å². The van der Waals surface area contributed by atoms with E-state index in [-0.39, 0.29) is 22.1 Å². The van der Waals surface area contributed by atoms with E-state index >= 15 is 0 Å². The second-order valence-electron chi connectivity index (χ2n) is 5.19. The zero-order valence-electron chi connectivity index (χ0n) is 13.7. The van der Waals surface area contributed by atoms with Gasteiger partial charge in [-0.05, 0) is 35.9 Å². The molecule has 128 valence electrons. The number of methoxy groups -OCH3 is 1. The maximum absolute atomic E-state index is 12.4. The highest BCUT2D eigenvalue weighted by molar-refractivity contribution is 7.89. The van der Waals surface area contributed by atoms with Crippen LogP contribution < -0.4 is 10.1 Å². The zero-order valence-corrected chi connectivity index (χ0v) is 14.5. The molecule has 8 heteroatoms. The molecule has 0 atom stereocenters. The van der Waals surface area contributed by atoms with Crippen molar-refractivity contribution in [1.82, 2.24) is 14.6 Å². The van der Waals surface area contributed by atoms with E-state index in [2.05, 4.69) is 10.3 Å². The Balaban J connectivity index is 2.26. The van der Waals surface area contributed by atoms with Gasteiger partial charge in [0.25, 0.3) is 5.91 Å². The number of nitrogens with one attached hydrogen (secondary N) is 1. The molecule has 1 amide bonds. The molecule has 7 nitrogen and oxygen atoms in total. The molecule has 24 heavy (non-hydrogen) atoms. The van der Waals surface area contributed by atoms with Crippen molar-refractivity contribution in [3.8, 4) is 5.75 Å². The van der Waals surface area contributed by atoms with Gasteiger partial charge in [0, 0.05) is 38.6 Å². The van der Waals surface area contributed by atoms with Gasteiger partial charge in [0.05, 0.1) is 7.11 Å². The maximum atomic E-state index is 12.4. The van der Waals surface area contributed by atoms with Crippen LogP contribution in [-0.2, 0) is 16.6 Å². The summed E-state index contributed by atoms with van der Waals surface area (Å²) in [5.41, 5.74) is 1.14. The second-order valence-corrected chi connectivity index (χ2v) is 7.31. The van der Waals surface area contributed by atoms with Gasteiger partial charge < -0.3 is 10.1 Å². The van der Waals surface area contributed by atoms with E-state index in [1.54, 1.807) is 24.5 Å². The standard InChI is InChI=1S/C16H19N3O4S/c1-19(2)24(21,22)15-10-13(4-5-14(15)23-3)16(20)18-11-12-6-8-17-9-7-12/h4-10H,11H2,1-3H3,(H,18,20). The molecule has 1 aromatic heterocycles. The fourth-order valence-electron chi connectivity index (χ4n) is 2.00. The van der Waals surface area contributed by atoms with Gasteiger partial charge in [-0.25, -0.2) is 12.7 Å². The Bertz CT molecular complexity index is 820. The van der Waals surface area contributed by atoms with Crippen LogP contribution in [0.4, 0.5) is 0 Å². The van der Waals surface area contributed by atoms with Crippen LogP contribution in [0.25, 0.3) is 0 Å². The Labute approximate surface area is 141 Å². The van der Waals surface area contributed by atoms with Gasteiger partial charge in [0.2, 0.25) is 10.0 Å². The highest BCUT2D eigenvalue weighted by atomic mass is 32.2. The Morgan fingerprint density at radius 3 is 2.46 bits per heavy atom. The topological polar surface area (TPSA) is 88.6 Å². The van der Waals surface area contributed by atoms with Gasteiger partial charge in [-0.15, -0.1) is 0 Å². The summed E-state index contributed by atoms with van der Waals surface area (Å²) in [4.78, 5) is 16.1. The fourth-order valence-corrected chi connectivity index (χ4v) is 3.08. The zero-order chi connectivity index (χ0) is 17.7. The molecular weight excluding hydrogens is 330 g/mol. The van der Waals surface area contributed by atoms with Gasteiger partial charge >= 0.3 is 0 Å². The third-order valence-electron chi connectivity index (χ3n) is 3.39. The third-order valence-corrected chi connectivity index (χ3v) is 5.22. The minimum Gasteiger partial charge on any atom is -0.495 e. The number of rotatable bonds is 6. The largest absolute Gasteiger partial charge is 0.495 e. The SMILES string of the molecule is COc1ccc(C(=O)NCc2ccncc2)cc1S(=O)(=O)N(C)C. The quantitative estimate of drug-likeness (QED) is 0.848. The molecule has 2 rings (SSSR count). The number of ether oxygens (including phenoxy) is 1. The minimum atomic E-state index is -3.72. The van der Waals surface area contributed by atoms with E-state index < -0.39 is 10.0 Å². The van der Waals surface area contributed by atoms with Crippen LogP contribution in [0.5, 0.6) is 5.75 Å². The number of benzene rings is 1. The highest BCUT2D eigenvalue weighted by Crippen LogP contribution is 2.26. The van der Waals surface area contributed by atoms with Crippen molar-refractivity contribution in [3.05, 3.63) is 53.9 Å². The monoisotopic (exact) mass is 349 g/mol. The Morgan fingerprint density at radius 2 is 1.88 bits per heavy atom. The number of amides is 1. The normalized spacial score (nSPS) is 11.3. The first-order valence-electron chi connectivity index (χ1n) is 7.14. The number of aromatic nitrogens is 1. The van der Waals surface area contributed by atoms with Crippen molar-refractivity contribution in [2.75, 3.05) is 21.2 Å². The average molecular weight is 349 g/mol. The molecule has 0 bridgehead atoms. The lowest BCUT2D eigenvalue weighted by Crippen LogP contribution is -2.25. The van der Waals surface area contributed by atoms with Crippen LogP contribution in [0.2, 0.25) is 0 Å². The summed E-state index contributed by atoms with van der Waals surface area (Å²) in [5.74, 6) is -0.181. The van der Waals surface area contributed by atoms with Crippen LogP contribution in [0.1, 0.15) is 15.9 Å². The van der Waals surface area contributed by atoms with Gasteiger partial charge in [-0.3, -0.25) is 9.78 Å². The summed E-state index contributed by atoms with van der Waals surface area (Å²) >= 11 is 0. The molecular formula is C16H19N3O4S. The molecule has 0 radical (unpaired) electrons. The average Bonchev–Trinajstić information content (AvgIpc) is 2.59. The molecule has 1 heterocycles. The van der Waals surface area contributed by atoms with E-state index in [9.17, 15) is 13.2 Å². The lowest BCUT2D eigenvalue weighted by molar-refractivity contribution is 0.0950. The number of hydrogen-bond donors (Lipinski definition) is 1. The molecule has 0 fully saturated rings. The maximum Gasteiger partial charge on any atom is 0.251 e. The van der Waals surface area contributed by atoms with Gasteiger partial charge in [-0.1, -0.05) is 0 Å². The van der Waals surface area contributed by atoms with E-state index in [1.165, 1.54) is 39.4 Å². The molecule has 0 unspecified atom stereocenters. The number of carbonyl (C=O) groups is 1. The smallest absolute Gasteiger partial charge is 0.251 e. The summed E-state index contributed by atoms with van der Waals surface area (Å²) in [6, 6.07) is 7.88. The van der Waals surface area contributed by atoms with Crippen molar-refractivity contribution in [2.24, 2.45) is 0 Å². The lowest BCUT2D eigenvalue weighted by Gasteiger charge is -2.15. The molecule has 0 aliphatic carbocycles.